The first kappa shape index (κ1) is 14.7. The summed E-state index contributed by atoms with van der Waals surface area (Å²) in [5.74, 6) is 0.686. The molecular weight excluding hydrogens is 290 g/mol. The highest BCUT2D eigenvalue weighted by molar-refractivity contribution is 7.89. The van der Waals surface area contributed by atoms with Crippen LogP contribution in [-0.4, -0.2) is 50.1 Å². The molecule has 2 aliphatic heterocycles. The van der Waals surface area contributed by atoms with Gasteiger partial charge in [0.1, 0.15) is 10.7 Å². The second kappa shape index (κ2) is 6.29. The van der Waals surface area contributed by atoms with Gasteiger partial charge in [0.25, 0.3) is 0 Å². The van der Waals surface area contributed by atoms with Gasteiger partial charge in [0, 0.05) is 32.4 Å². The van der Waals surface area contributed by atoms with Crippen LogP contribution in [0.3, 0.4) is 0 Å². The summed E-state index contributed by atoms with van der Waals surface area (Å²) in [6.07, 6.45) is 5.72. The summed E-state index contributed by atoms with van der Waals surface area (Å²) >= 11 is 0. The highest BCUT2D eigenvalue weighted by Crippen LogP contribution is 2.21. The number of ether oxygens (including phenoxy) is 1. The van der Waals surface area contributed by atoms with E-state index in [-0.39, 0.29) is 11.0 Å². The van der Waals surface area contributed by atoms with Gasteiger partial charge in [-0.2, -0.15) is 4.31 Å². The number of sulfonamides is 1. The molecule has 2 aliphatic rings. The SMILES string of the molecule is O=S(=O)(c1ccc(NCC2CCCO2)nc1)N1CCCC1. The molecule has 116 valence electrons. The highest BCUT2D eigenvalue weighted by Gasteiger charge is 2.27. The molecule has 1 atom stereocenters. The fraction of sp³-hybridized carbons (Fsp3) is 0.643. The van der Waals surface area contributed by atoms with Crippen molar-refractivity contribution in [1.82, 2.24) is 9.29 Å². The minimum atomic E-state index is -3.37. The van der Waals surface area contributed by atoms with Gasteiger partial charge in [0.05, 0.1) is 6.10 Å². The lowest BCUT2D eigenvalue weighted by Crippen LogP contribution is -2.28. The Kier molecular flexibility index (Phi) is 4.42. The van der Waals surface area contributed by atoms with Crippen LogP contribution in [0, 0.1) is 0 Å². The third-order valence-corrected chi connectivity index (χ3v) is 5.86. The third-order valence-electron chi connectivity index (χ3n) is 3.97. The van der Waals surface area contributed by atoms with Gasteiger partial charge in [-0.15, -0.1) is 0 Å². The molecule has 0 aromatic carbocycles. The van der Waals surface area contributed by atoms with Crippen molar-refractivity contribution in [1.29, 1.82) is 0 Å². The number of anilines is 1. The van der Waals surface area contributed by atoms with E-state index in [9.17, 15) is 8.42 Å². The molecule has 21 heavy (non-hydrogen) atoms. The Balaban J connectivity index is 1.63. The summed E-state index contributed by atoms with van der Waals surface area (Å²) in [7, 11) is -3.37. The summed E-state index contributed by atoms with van der Waals surface area (Å²) in [5, 5.41) is 3.19. The number of aromatic nitrogens is 1. The van der Waals surface area contributed by atoms with Gasteiger partial charge in [-0.1, -0.05) is 0 Å². The van der Waals surface area contributed by atoms with E-state index in [2.05, 4.69) is 10.3 Å². The molecule has 2 saturated heterocycles. The molecule has 1 aromatic heterocycles. The minimum Gasteiger partial charge on any atom is -0.376 e. The smallest absolute Gasteiger partial charge is 0.244 e. The van der Waals surface area contributed by atoms with E-state index in [0.717, 1.165) is 32.3 Å². The summed E-state index contributed by atoms with van der Waals surface area (Å²) < 4.78 is 31.8. The van der Waals surface area contributed by atoms with Gasteiger partial charge in [0.2, 0.25) is 10.0 Å². The Hall–Kier alpha value is -1.18. The van der Waals surface area contributed by atoms with Crippen LogP contribution in [0.15, 0.2) is 23.2 Å². The minimum absolute atomic E-state index is 0.236. The molecule has 0 bridgehead atoms. The quantitative estimate of drug-likeness (QED) is 0.891. The van der Waals surface area contributed by atoms with E-state index in [1.165, 1.54) is 10.5 Å². The maximum Gasteiger partial charge on any atom is 0.244 e. The van der Waals surface area contributed by atoms with Gasteiger partial charge >= 0.3 is 0 Å². The monoisotopic (exact) mass is 311 g/mol. The fourth-order valence-electron chi connectivity index (χ4n) is 2.74. The third kappa shape index (κ3) is 3.36. The van der Waals surface area contributed by atoms with E-state index in [1.54, 1.807) is 12.1 Å². The van der Waals surface area contributed by atoms with Crippen LogP contribution < -0.4 is 5.32 Å². The highest BCUT2D eigenvalue weighted by atomic mass is 32.2. The Morgan fingerprint density at radius 1 is 1.29 bits per heavy atom. The Morgan fingerprint density at radius 3 is 2.71 bits per heavy atom. The molecule has 0 radical (unpaired) electrons. The van der Waals surface area contributed by atoms with Crippen LogP contribution in [0.2, 0.25) is 0 Å². The van der Waals surface area contributed by atoms with Gasteiger partial charge in [-0.3, -0.25) is 0 Å². The average molecular weight is 311 g/mol. The molecule has 1 N–H and O–H groups in total. The summed E-state index contributed by atoms with van der Waals surface area (Å²) in [5.41, 5.74) is 0. The number of nitrogens with zero attached hydrogens (tertiary/aromatic N) is 2. The molecule has 0 spiro atoms. The van der Waals surface area contributed by atoms with E-state index in [4.69, 9.17) is 4.74 Å². The molecule has 3 heterocycles. The topological polar surface area (TPSA) is 71.5 Å². The van der Waals surface area contributed by atoms with Crippen LogP contribution in [0.5, 0.6) is 0 Å². The van der Waals surface area contributed by atoms with E-state index in [1.807, 2.05) is 0 Å². The lowest BCUT2D eigenvalue weighted by atomic mass is 10.2. The van der Waals surface area contributed by atoms with Crippen molar-refractivity contribution in [2.24, 2.45) is 0 Å². The molecule has 2 fully saturated rings. The van der Waals surface area contributed by atoms with Crippen LogP contribution in [-0.2, 0) is 14.8 Å². The Morgan fingerprint density at radius 2 is 2.10 bits per heavy atom. The first-order chi connectivity index (χ1) is 10.2. The number of rotatable bonds is 5. The maximum absolute atomic E-state index is 12.4. The summed E-state index contributed by atoms with van der Waals surface area (Å²) in [4.78, 5) is 4.48. The standard InChI is InChI=1S/C14H21N3O3S/c18-21(19,17-7-1-2-8-17)13-5-6-14(16-11-13)15-10-12-4-3-9-20-12/h5-6,11-12H,1-4,7-10H2,(H,15,16). The zero-order valence-electron chi connectivity index (χ0n) is 12.0. The van der Waals surface area contributed by atoms with E-state index < -0.39 is 10.0 Å². The van der Waals surface area contributed by atoms with Crippen molar-refractivity contribution in [3.63, 3.8) is 0 Å². The van der Waals surface area contributed by atoms with Crippen molar-refractivity contribution in [3.8, 4) is 0 Å². The van der Waals surface area contributed by atoms with E-state index in [0.29, 0.717) is 25.5 Å². The molecule has 1 aromatic rings. The molecule has 6 nitrogen and oxygen atoms in total. The molecular formula is C14H21N3O3S. The molecule has 0 aliphatic carbocycles. The molecule has 0 saturated carbocycles. The van der Waals surface area contributed by atoms with Gasteiger partial charge in [-0.25, -0.2) is 13.4 Å². The van der Waals surface area contributed by atoms with Gasteiger partial charge in [0.15, 0.2) is 0 Å². The van der Waals surface area contributed by atoms with Crippen molar-refractivity contribution >= 4 is 15.8 Å². The largest absolute Gasteiger partial charge is 0.376 e. The Labute approximate surface area is 125 Å². The van der Waals surface area contributed by atoms with Crippen molar-refractivity contribution in [3.05, 3.63) is 18.3 Å². The first-order valence-electron chi connectivity index (χ1n) is 7.48. The lowest BCUT2D eigenvalue weighted by molar-refractivity contribution is 0.120. The van der Waals surface area contributed by atoms with Crippen LogP contribution in [0.25, 0.3) is 0 Å². The number of hydrogen-bond donors (Lipinski definition) is 1. The molecule has 7 heteroatoms. The van der Waals surface area contributed by atoms with Crippen molar-refractivity contribution in [2.45, 2.75) is 36.7 Å². The number of pyridine rings is 1. The van der Waals surface area contributed by atoms with Crippen LogP contribution >= 0.6 is 0 Å². The first-order valence-corrected chi connectivity index (χ1v) is 8.92. The fourth-order valence-corrected chi connectivity index (χ4v) is 4.20. The maximum atomic E-state index is 12.4. The van der Waals surface area contributed by atoms with E-state index >= 15 is 0 Å². The normalized spacial score (nSPS) is 23.5. The van der Waals surface area contributed by atoms with Gasteiger partial charge < -0.3 is 10.1 Å². The molecule has 1 unspecified atom stereocenters. The predicted octanol–water partition coefficient (Wildman–Crippen LogP) is 1.46. The summed E-state index contributed by atoms with van der Waals surface area (Å²) in [6.45, 7) is 2.76. The van der Waals surface area contributed by atoms with Crippen molar-refractivity contribution < 1.29 is 13.2 Å². The number of nitrogens with one attached hydrogen (secondary N) is 1. The second-order valence-corrected chi connectivity index (χ2v) is 7.44. The number of hydrogen-bond acceptors (Lipinski definition) is 5. The predicted molar refractivity (Wildman–Crippen MR) is 79.7 cm³/mol. The zero-order valence-corrected chi connectivity index (χ0v) is 12.8. The van der Waals surface area contributed by atoms with Crippen LogP contribution in [0.1, 0.15) is 25.7 Å². The van der Waals surface area contributed by atoms with Crippen LogP contribution in [0.4, 0.5) is 5.82 Å². The molecule has 3 rings (SSSR count). The zero-order chi connectivity index (χ0) is 14.7. The van der Waals surface area contributed by atoms with Gasteiger partial charge in [-0.05, 0) is 37.8 Å². The lowest BCUT2D eigenvalue weighted by Gasteiger charge is -2.15. The average Bonchev–Trinajstić information content (AvgIpc) is 3.19. The van der Waals surface area contributed by atoms with Crippen molar-refractivity contribution in [2.75, 3.05) is 31.6 Å². The summed E-state index contributed by atoms with van der Waals surface area (Å²) in [6, 6.07) is 3.34. The molecule has 0 amide bonds. The Bertz CT molecular complexity index is 562. The second-order valence-electron chi connectivity index (χ2n) is 5.51.